The largest absolute Gasteiger partial charge is 0.457 e. The molecule has 0 atom stereocenters. The van der Waals surface area contributed by atoms with Gasteiger partial charge >= 0.3 is 5.97 Å². The molecule has 1 aromatic heterocycles. The summed E-state index contributed by atoms with van der Waals surface area (Å²) in [6.45, 7) is 2.21. The van der Waals surface area contributed by atoms with Crippen LogP contribution in [0.5, 0.6) is 0 Å². The number of benzene rings is 2. The fourth-order valence-corrected chi connectivity index (χ4v) is 2.76. The number of hydrogen-bond donors (Lipinski definition) is 0. The lowest BCUT2D eigenvalue weighted by molar-refractivity contribution is 0.0472. The van der Waals surface area contributed by atoms with E-state index in [1.54, 1.807) is 23.7 Å². The molecule has 3 rings (SSSR count). The molecular formula is C19H16ClFN2O2. The Kier molecular flexibility index (Phi) is 5.14. The second-order valence-corrected chi connectivity index (χ2v) is 5.96. The molecule has 0 bridgehead atoms. The molecule has 0 unspecified atom stereocenters. The van der Waals surface area contributed by atoms with Crippen molar-refractivity contribution in [3.8, 4) is 0 Å². The van der Waals surface area contributed by atoms with Crippen molar-refractivity contribution >= 4 is 17.6 Å². The molecule has 1 heterocycles. The van der Waals surface area contributed by atoms with E-state index in [4.69, 9.17) is 16.3 Å². The van der Waals surface area contributed by atoms with Gasteiger partial charge in [-0.15, -0.1) is 0 Å². The number of carbonyl (C=O) groups is 1. The highest BCUT2D eigenvalue weighted by Crippen LogP contribution is 2.22. The van der Waals surface area contributed by atoms with Crippen molar-refractivity contribution in [3.05, 3.63) is 88.0 Å². The molecule has 25 heavy (non-hydrogen) atoms. The molecule has 0 aliphatic carbocycles. The second-order valence-electron chi connectivity index (χ2n) is 5.60. The zero-order chi connectivity index (χ0) is 17.8. The van der Waals surface area contributed by atoms with E-state index in [2.05, 4.69) is 5.10 Å². The standard InChI is InChI=1S/C19H16ClFN2O2/c1-13-17(19(24)25-12-15-7-9-16(21)10-8-15)18(20)23(22-13)11-14-5-3-2-4-6-14/h2-10H,11-12H2,1H3. The summed E-state index contributed by atoms with van der Waals surface area (Å²) in [7, 11) is 0. The van der Waals surface area contributed by atoms with Crippen LogP contribution in [-0.2, 0) is 17.9 Å². The van der Waals surface area contributed by atoms with E-state index >= 15 is 0 Å². The SMILES string of the molecule is Cc1nn(Cc2ccccc2)c(Cl)c1C(=O)OCc1ccc(F)cc1. The van der Waals surface area contributed by atoms with Gasteiger partial charge in [0.15, 0.2) is 0 Å². The molecule has 3 aromatic rings. The van der Waals surface area contributed by atoms with Gasteiger partial charge < -0.3 is 4.74 Å². The highest BCUT2D eigenvalue weighted by Gasteiger charge is 2.21. The highest BCUT2D eigenvalue weighted by molar-refractivity contribution is 6.32. The molecule has 0 amide bonds. The van der Waals surface area contributed by atoms with Gasteiger partial charge in [-0.2, -0.15) is 5.10 Å². The van der Waals surface area contributed by atoms with Crippen LogP contribution in [-0.4, -0.2) is 15.7 Å². The third kappa shape index (κ3) is 4.06. The van der Waals surface area contributed by atoms with Gasteiger partial charge in [0.1, 0.15) is 23.1 Å². The van der Waals surface area contributed by atoms with Crippen LogP contribution < -0.4 is 0 Å². The van der Waals surface area contributed by atoms with E-state index in [1.807, 2.05) is 30.3 Å². The van der Waals surface area contributed by atoms with Crippen molar-refractivity contribution in [2.45, 2.75) is 20.1 Å². The summed E-state index contributed by atoms with van der Waals surface area (Å²) in [5, 5.41) is 4.57. The van der Waals surface area contributed by atoms with Gasteiger partial charge in [-0.25, -0.2) is 13.9 Å². The zero-order valence-electron chi connectivity index (χ0n) is 13.6. The van der Waals surface area contributed by atoms with Crippen LogP contribution in [0.4, 0.5) is 4.39 Å². The maximum absolute atomic E-state index is 12.9. The third-order valence-corrected chi connectivity index (χ3v) is 4.11. The minimum absolute atomic E-state index is 0.0404. The van der Waals surface area contributed by atoms with Crippen LogP contribution in [0.25, 0.3) is 0 Å². The number of hydrogen-bond acceptors (Lipinski definition) is 3. The van der Waals surface area contributed by atoms with Crippen LogP contribution in [0.1, 0.15) is 27.2 Å². The topological polar surface area (TPSA) is 44.1 Å². The molecule has 0 radical (unpaired) electrons. The summed E-state index contributed by atoms with van der Waals surface area (Å²) < 4.78 is 19.8. The number of nitrogens with zero attached hydrogens (tertiary/aromatic N) is 2. The number of esters is 1. The number of carbonyl (C=O) groups excluding carboxylic acids is 1. The Bertz CT molecular complexity index is 876. The van der Waals surface area contributed by atoms with Crippen LogP contribution >= 0.6 is 11.6 Å². The van der Waals surface area contributed by atoms with Gasteiger partial charge in [0.25, 0.3) is 0 Å². The Morgan fingerprint density at radius 3 is 2.48 bits per heavy atom. The summed E-state index contributed by atoms with van der Waals surface area (Å²) in [5.41, 5.74) is 2.48. The highest BCUT2D eigenvalue weighted by atomic mass is 35.5. The Morgan fingerprint density at radius 1 is 1.12 bits per heavy atom. The van der Waals surface area contributed by atoms with Crippen LogP contribution in [0, 0.1) is 12.7 Å². The minimum Gasteiger partial charge on any atom is -0.457 e. The molecule has 0 saturated carbocycles. The quantitative estimate of drug-likeness (QED) is 0.635. The van der Waals surface area contributed by atoms with Crippen molar-refractivity contribution in [1.82, 2.24) is 9.78 Å². The van der Waals surface area contributed by atoms with E-state index in [0.717, 1.165) is 5.56 Å². The Balaban J connectivity index is 1.73. The fraction of sp³-hybridized carbons (Fsp3) is 0.158. The number of aromatic nitrogens is 2. The van der Waals surface area contributed by atoms with Gasteiger partial charge in [-0.3, -0.25) is 0 Å². The predicted octanol–water partition coefficient (Wildman–Crippen LogP) is 4.39. The lowest BCUT2D eigenvalue weighted by Crippen LogP contribution is -2.07. The molecule has 0 aliphatic heterocycles. The van der Waals surface area contributed by atoms with Crippen molar-refractivity contribution in [3.63, 3.8) is 0 Å². The Morgan fingerprint density at radius 2 is 1.80 bits per heavy atom. The van der Waals surface area contributed by atoms with Gasteiger partial charge in [-0.05, 0) is 30.2 Å². The summed E-state index contributed by atoms with van der Waals surface area (Å²) >= 11 is 6.33. The predicted molar refractivity (Wildman–Crippen MR) is 93.0 cm³/mol. The second kappa shape index (κ2) is 7.49. The van der Waals surface area contributed by atoms with Gasteiger partial charge in [-0.1, -0.05) is 54.1 Å². The summed E-state index contributed by atoms with van der Waals surface area (Å²) in [5.74, 6) is -0.887. The molecule has 0 spiro atoms. The van der Waals surface area contributed by atoms with Crippen molar-refractivity contribution in [1.29, 1.82) is 0 Å². The molecular weight excluding hydrogens is 343 g/mol. The first-order valence-electron chi connectivity index (χ1n) is 7.73. The number of rotatable bonds is 5. The molecule has 6 heteroatoms. The van der Waals surface area contributed by atoms with Crippen LogP contribution in [0.3, 0.4) is 0 Å². The average molecular weight is 359 g/mol. The molecule has 4 nitrogen and oxygen atoms in total. The average Bonchev–Trinajstić information content (AvgIpc) is 2.89. The zero-order valence-corrected chi connectivity index (χ0v) is 14.3. The fourth-order valence-electron chi connectivity index (χ4n) is 2.45. The van der Waals surface area contributed by atoms with Crippen molar-refractivity contribution in [2.24, 2.45) is 0 Å². The smallest absolute Gasteiger partial charge is 0.343 e. The first-order chi connectivity index (χ1) is 12.0. The molecule has 0 saturated heterocycles. The van der Waals surface area contributed by atoms with E-state index < -0.39 is 5.97 Å². The van der Waals surface area contributed by atoms with E-state index in [-0.39, 0.29) is 23.1 Å². The maximum Gasteiger partial charge on any atom is 0.343 e. The number of aryl methyl sites for hydroxylation is 1. The first-order valence-corrected chi connectivity index (χ1v) is 8.11. The van der Waals surface area contributed by atoms with Crippen LogP contribution in [0.15, 0.2) is 54.6 Å². The molecule has 0 aliphatic rings. The summed E-state index contributed by atoms with van der Waals surface area (Å²) in [4.78, 5) is 12.4. The summed E-state index contributed by atoms with van der Waals surface area (Å²) in [6, 6.07) is 15.5. The number of ether oxygens (including phenoxy) is 1. The maximum atomic E-state index is 12.9. The molecule has 0 N–H and O–H groups in total. The normalized spacial score (nSPS) is 10.7. The first kappa shape index (κ1) is 17.2. The van der Waals surface area contributed by atoms with Crippen LogP contribution in [0.2, 0.25) is 5.15 Å². The van der Waals surface area contributed by atoms with Crippen molar-refractivity contribution in [2.75, 3.05) is 0 Å². The summed E-state index contributed by atoms with van der Waals surface area (Å²) in [6.07, 6.45) is 0. The Labute approximate surface area is 149 Å². The van der Waals surface area contributed by atoms with Gasteiger partial charge in [0.2, 0.25) is 0 Å². The lowest BCUT2D eigenvalue weighted by atomic mass is 10.2. The number of halogens is 2. The Hall–Kier alpha value is -2.66. The van der Waals surface area contributed by atoms with E-state index in [1.165, 1.54) is 12.1 Å². The lowest BCUT2D eigenvalue weighted by Gasteiger charge is -2.06. The molecule has 0 fully saturated rings. The van der Waals surface area contributed by atoms with E-state index in [9.17, 15) is 9.18 Å². The van der Waals surface area contributed by atoms with Gasteiger partial charge in [0, 0.05) is 0 Å². The third-order valence-electron chi connectivity index (χ3n) is 3.73. The van der Waals surface area contributed by atoms with Gasteiger partial charge in [0.05, 0.1) is 12.2 Å². The molecule has 2 aromatic carbocycles. The minimum atomic E-state index is -0.550. The van der Waals surface area contributed by atoms with E-state index in [0.29, 0.717) is 17.8 Å². The molecule has 128 valence electrons. The monoisotopic (exact) mass is 358 g/mol. The van der Waals surface area contributed by atoms with Crippen molar-refractivity contribution < 1.29 is 13.9 Å².